The van der Waals surface area contributed by atoms with Crippen LogP contribution in [0.3, 0.4) is 0 Å². The van der Waals surface area contributed by atoms with Gasteiger partial charge in [-0.2, -0.15) is 0 Å². The van der Waals surface area contributed by atoms with Gasteiger partial charge in [0.15, 0.2) is 11.5 Å². The molecule has 0 atom stereocenters. The number of ether oxygens (including phenoxy) is 2. The molecule has 136 valence electrons. The van der Waals surface area contributed by atoms with E-state index < -0.39 is 0 Å². The van der Waals surface area contributed by atoms with Crippen LogP contribution >= 0.6 is 23.2 Å². The Morgan fingerprint density at radius 3 is 2.48 bits per heavy atom. The van der Waals surface area contributed by atoms with Gasteiger partial charge in [0.2, 0.25) is 0 Å². The van der Waals surface area contributed by atoms with Crippen molar-refractivity contribution >= 4 is 34.2 Å². The number of nitrogens with one attached hydrogen (secondary N) is 1. The first kappa shape index (κ1) is 17.7. The lowest BCUT2D eigenvalue weighted by Gasteiger charge is -2.13. The number of aromatic amines is 1. The van der Waals surface area contributed by atoms with Crippen molar-refractivity contribution in [2.45, 2.75) is 6.61 Å². The Balaban J connectivity index is 1.67. The number of aromatic nitrogens is 2. The topological polar surface area (TPSA) is 47.1 Å². The minimum atomic E-state index is 0.316. The lowest BCUT2D eigenvalue weighted by molar-refractivity contribution is 0.284. The highest BCUT2D eigenvalue weighted by atomic mass is 35.5. The highest BCUT2D eigenvalue weighted by Gasteiger charge is 2.15. The van der Waals surface area contributed by atoms with Crippen LogP contribution in [-0.2, 0) is 6.61 Å². The van der Waals surface area contributed by atoms with Crippen molar-refractivity contribution in [2.24, 2.45) is 0 Å². The number of fused-ring (bicyclic) bond motifs is 1. The molecule has 3 aromatic carbocycles. The number of H-pyrrole nitrogens is 1. The zero-order valence-corrected chi connectivity index (χ0v) is 16.0. The Morgan fingerprint density at radius 2 is 1.70 bits per heavy atom. The minimum absolute atomic E-state index is 0.316. The molecule has 0 aliphatic heterocycles. The Bertz CT molecular complexity index is 1080. The van der Waals surface area contributed by atoms with E-state index in [1.54, 1.807) is 13.2 Å². The average molecular weight is 399 g/mol. The first-order valence-electron chi connectivity index (χ1n) is 8.34. The maximum atomic E-state index is 6.51. The molecule has 0 radical (unpaired) electrons. The fourth-order valence-corrected chi connectivity index (χ4v) is 3.27. The van der Waals surface area contributed by atoms with E-state index in [-0.39, 0.29) is 0 Å². The van der Waals surface area contributed by atoms with Gasteiger partial charge in [-0.1, -0.05) is 53.5 Å². The summed E-state index contributed by atoms with van der Waals surface area (Å²) in [6.07, 6.45) is 0. The molecule has 0 saturated carbocycles. The predicted molar refractivity (Wildman–Crippen MR) is 109 cm³/mol. The molecule has 0 bridgehead atoms. The number of imidazole rings is 1. The number of benzene rings is 3. The van der Waals surface area contributed by atoms with Crippen LogP contribution in [0.4, 0.5) is 0 Å². The van der Waals surface area contributed by atoms with Crippen molar-refractivity contribution in [3.8, 4) is 22.9 Å². The van der Waals surface area contributed by atoms with Gasteiger partial charge in [-0.25, -0.2) is 4.98 Å². The van der Waals surface area contributed by atoms with Crippen LogP contribution in [0.25, 0.3) is 22.4 Å². The molecule has 4 aromatic rings. The highest BCUT2D eigenvalue weighted by Crippen LogP contribution is 2.38. The first-order valence-corrected chi connectivity index (χ1v) is 9.10. The van der Waals surface area contributed by atoms with E-state index in [9.17, 15) is 0 Å². The molecule has 0 aliphatic carbocycles. The Morgan fingerprint density at radius 1 is 0.926 bits per heavy atom. The van der Waals surface area contributed by atoms with Crippen LogP contribution in [0.1, 0.15) is 5.56 Å². The second kappa shape index (κ2) is 7.51. The third-order valence-corrected chi connectivity index (χ3v) is 4.92. The van der Waals surface area contributed by atoms with E-state index >= 15 is 0 Å². The molecule has 0 spiro atoms. The zero-order chi connectivity index (χ0) is 18.8. The van der Waals surface area contributed by atoms with Gasteiger partial charge in [-0.3, -0.25) is 0 Å². The molecule has 1 aromatic heterocycles. The van der Waals surface area contributed by atoms with Crippen LogP contribution < -0.4 is 9.47 Å². The largest absolute Gasteiger partial charge is 0.493 e. The number of rotatable bonds is 5. The summed E-state index contributed by atoms with van der Waals surface area (Å²) >= 11 is 12.7. The maximum absolute atomic E-state index is 6.51. The minimum Gasteiger partial charge on any atom is -0.493 e. The fraction of sp³-hybridized carbons (Fsp3) is 0.0952. The molecule has 1 N–H and O–H groups in total. The molecule has 0 fully saturated rings. The molecule has 0 saturated heterocycles. The molecule has 1 heterocycles. The van der Waals surface area contributed by atoms with Gasteiger partial charge in [-0.15, -0.1) is 0 Å². The Hall–Kier alpha value is -2.69. The number of nitrogens with zero attached hydrogens (tertiary/aromatic N) is 1. The van der Waals surface area contributed by atoms with E-state index in [4.69, 9.17) is 32.7 Å². The lowest BCUT2D eigenvalue weighted by atomic mass is 10.2. The van der Waals surface area contributed by atoms with E-state index in [0.29, 0.717) is 34.0 Å². The maximum Gasteiger partial charge on any atom is 0.163 e. The SMILES string of the molecule is COc1cc(-c2nc3ccccc3[nH]2)c(Cl)cc1OCc1ccccc1Cl. The number of halogens is 2. The molecule has 0 unspecified atom stereocenters. The van der Waals surface area contributed by atoms with E-state index in [2.05, 4.69) is 9.97 Å². The van der Waals surface area contributed by atoms with Crippen LogP contribution in [0.2, 0.25) is 10.0 Å². The second-order valence-corrected chi connectivity index (χ2v) is 6.78. The summed E-state index contributed by atoms with van der Waals surface area (Å²) in [7, 11) is 1.59. The van der Waals surface area contributed by atoms with E-state index in [0.717, 1.165) is 22.2 Å². The van der Waals surface area contributed by atoms with Crippen LogP contribution in [0.5, 0.6) is 11.5 Å². The summed E-state index contributed by atoms with van der Waals surface area (Å²) in [5, 5.41) is 1.17. The van der Waals surface area contributed by atoms with Gasteiger partial charge in [0.05, 0.1) is 23.2 Å². The van der Waals surface area contributed by atoms with Crippen molar-refractivity contribution in [2.75, 3.05) is 7.11 Å². The lowest BCUT2D eigenvalue weighted by Crippen LogP contribution is -1.99. The molecule has 4 nitrogen and oxygen atoms in total. The Labute approximate surface area is 166 Å². The summed E-state index contributed by atoms with van der Waals surface area (Å²) in [6, 6.07) is 18.9. The Kier molecular flexibility index (Phi) is 4.92. The first-order chi connectivity index (χ1) is 13.2. The normalized spacial score (nSPS) is 10.9. The molecular weight excluding hydrogens is 383 g/mol. The number of para-hydroxylation sites is 2. The summed E-state index contributed by atoms with van der Waals surface area (Å²) in [6.45, 7) is 0.316. The van der Waals surface area contributed by atoms with Gasteiger partial charge < -0.3 is 14.5 Å². The molecule has 0 amide bonds. The molecule has 0 aliphatic rings. The summed E-state index contributed by atoms with van der Waals surface area (Å²) in [5.74, 6) is 1.79. The van der Waals surface area contributed by atoms with Crippen molar-refractivity contribution in [3.63, 3.8) is 0 Å². The smallest absolute Gasteiger partial charge is 0.163 e. The van der Waals surface area contributed by atoms with Gasteiger partial charge in [0.1, 0.15) is 12.4 Å². The van der Waals surface area contributed by atoms with Crippen molar-refractivity contribution in [1.29, 1.82) is 0 Å². The van der Waals surface area contributed by atoms with Crippen molar-refractivity contribution < 1.29 is 9.47 Å². The van der Waals surface area contributed by atoms with Crippen LogP contribution in [0, 0.1) is 0 Å². The van der Waals surface area contributed by atoms with Crippen molar-refractivity contribution in [3.05, 3.63) is 76.3 Å². The molecule has 27 heavy (non-hydrogen) atoms. The molecular formula is C21H16Cl2N2O2. The number of methoxy groups -OCH3 is 1. The van der Waals surface area contributed by atoms with E-state index in [1.165, 1.54) is 0 Å². The standard InChI is InChI=1S/C21H16Cl2N2O2/c1-26-19-10-14(21-24-17-8-4-5-9-18(17)25-21)16(23)11-20(19)27-12-13-6-2-3-7-15(13)22/h2-11H,12H2,1H3,(H,24,25). The van der Waals surface area contributed by atoms with E-state index in [1.807, 2.05) is 54.6 Å². The average Bonchev–Trinajstić information content (AvgIpc) is 3.11. The van der Waals surface area contributed by atoms with Crippen LogP contribution in [0.15, 0.2) is 60.7 Å². The summed E-state index contributed by atoms with van der Waals surface area (Å²) in [4.78, 5) is 7.88. The zero-order valence-electron chi connectivity index (χ0n) is 14.5. The molecule has 4 rings (SSSR count). The predicted octanol–water partition coefficient (Wildman–Crippen LogP) is 6.12. The van der Waals surface area contributed by atoms with Gasteiger partial charge in [-0.05, 0) is 24.3 Å². The monoisotopic (exact) mass is 398 g/mol. The summed E-state index contributed by atoms with van der Waals surface area (Å²) < 4.78 is 11.4. The second-order valence-electron chi connectivity index (χ2n) is 5.97. The van der Waals surface area contributed by atoms with Crippen molar-refractivity contribution in [1.82, 2.24) is 9.97 Å². The quantitative estimate of drug-likeness (QED) is 0.440. The molecule has 6 heteroatoms. The number of hydrogen-bond acceptors (Lipinski definition) is 3. The van der Waals surface area contributed by atoms with Gasteiger partial charge in [0.25, 0.3) is 0 Å². The highest BCUT2D eigenvalue weighted by molar-refractivity contribution is 6.33. The third-order valence-electron chi connectivity index (χ3n) is 4.24. The van der Waals surface area contributed by atoms with Gasteiger partial charge in [0, 0.05) is 22.2 Å². The summed E-state index contributed by atoms with van der Waals surface area (Å²) in [5.41, 5.74) is 3.46. The third kappa shape index (κ3) is 3.59. The van der Waals surface area contributed by atoms with Gasteiger partial charge >= 0.3 is 0 Å². The van der Waals surface area contributed by atoms with Crippen LogP contribution in [-0.4, -0.2) is 17.1 Å². The fourth-order valence-electron chi connectivity index (χ4n) is 2.84. The number of hydrogen-bond donors (Lipinski definition) is 1.